The van der Waals surface area contributed by atoms with E-state index >= 15 is 0 Å². The molecule has 3 heteroatoms. The summed E-state index contributed by atoms with van der Waals surface area (Å²) in [6, 6.07) is 11.4. The molecular formula is C12H11NO2. The standard InChI is InChI=1S/C12H11NO2/c1-10(14)15-12(9-13)8-7-11-5-3-2-4-6-11/h2-8,12H,1H3. The molecule has 0 amide bonds. The van der Waals surface area contributed by atoms with Crippen LogP contribution in [-0.4, -0.2) is 12.1 Å². The Kier molecular flexibility index (Phi) is 4.11. The topological polar surface area (TPSA) is 50.1 Å². The average Bonchev–Trinajstić information content (AvgIpc) is 2.25. The average molecular weight is 201 g/mol. The van der Waals surface area contributed by atoms with Crippen LogP contribution in [0.25, 0.3) is 6.08 Å². The van der Waals surface area contributed by atoms with Crippen LogP contribution < -0.4 is 0 Å². The number of ether oxygens (including phenoxy) is 1. The molecule has 0 N–H and O–H groups in total. The zero-order valence-electron chi connectivity index (χ0n) is 8.38. The molecule has 0 heterocycles. The fourth-order valence-corrected chi connectivity index (χ4v) is 1.05. The van der Waals surface area contributed by atoms with Gasteiger partial charge in [-0.25, -0.2) is 0 Å². The summed E-state index contributed by atoms with van der Waals surface area (Å²) < 4.78 is 4.73. The van der Waals surface area contributed by atoms with Crippen molar-refractivity contribution in [3.05, 3.63) is 42.0 Å². The second-order valence-corrected chi connectivity index (χ2v) is 2.93. The largest absolute Gasteiger partial charge is 0.443 e. The van der Waals surface area contributed by atoms with Crippen LogP contribution in [0.3, 0.4) is 0 Å². The molecule has 0 bridgehead atoms. The number of carbonyl (C=O) groups excluding carboxylic acids is 1. The lowest BCUT2D eigenvalue weighted by Crippen LogP contribution is -2.10. The number of nitrogens with zero attached hydrogens (tertiary/aromatic N) is 1. The lowest BCUT2D eigenvalue weighted by Gasteiger charge is -2.02. The van der Waals surface area contributed by atoms with Gasteiger partial charge in [0.25, 0.3) is 0 Å². The maximum Gasteiger partial charge on any atom is 0.304 e. The van der Waals surface area contributed by atoms with Gasteiger partial charge in [-0.3, -0.25) is 4.79 Å². The minimum Gasteiger partial charge on any atom is -0.443 e. The Labute approximate surface area is 88.6 Å². The van der Waals surface area contributed by atoms with Gasteiger partial charge in [-0.1, -0.05) is 36.4 Å². The number of esters is 1. The summed E-state index contributed by atoms with van der Waals surface area (Å²) in [6.07, 6.45) is 2.48. The van der Waals surface area contributed by atoms with Crippen LogP contribution in [0.2, 0.25) is 0 Å². The fourth-order valence-electron chi connectivity index (χ4n) is 1.05. The summed E-state index contributed by atoms with van der Waals surface area (Å²) >= 11 is 0. The van der Waals surface area contributed by atoms with Gasteiger partial charge in [0.2, 0.25) is 6.10 Å². The van der Waals surface area contributed by atoms with Crippen LogP contribution in [-0.2, 0) is 9.53 Å². The van der Waals surface area contributed by atoms with E-state index < -0.39 is 12.1 Å². The van der Waals surface area contributed by atoms with Crippen molar-refractivity contribution < 1.29 is 9.53 Å². The monoisotopic (exact) mass is 201 g/mol. The van der Waals surface area contributed by atoms with Crippen molar-refractivity contribution in [2.45, 2.75) is 13.0 Å². The number of benzene rings is 1. The van der Waals surface area contributed by atoms with Crippen LogP contribution in [0.15, 0.2) is 36.4 Å². The van der Waals surface area contributed by atoms with Gasteiger partial charge in [-0.05, 0) is 11.6 Å². The first kappa shape index (κ1) is 11.0. The minimum absolute atomic E-state index is 0.459. The minimum atomic E-state index is -0.817. The zero-order chi connectivity index (χ0) is 11.1. The van der Waals surface area contributed by atoms with Crippen LogP contribution in [0.5, 0.6) is 0 Å². The molecule has 0 aliphatic heterocycles. The van der Waals surface area contributed by atoms with Gasteiger partial charge >= 0.3 is 5.97 Å². The summed E-state index contributed by atoms with van der Waals surface area (Å²) in [5.41, 5.74) is 0.963. The van der Waals surface area contributed by atoms with E-state index in [1.165, 1.54) is 6.92 Å². The first-order chi connectivity index (χ1) is 7.22. The van der Waals surface area contributed by atoms with E-state index in [0.29, 0.717) is 0 Å². The van der Waals surface area contributed by atoms with Crippen molar-refractivity contribution in [3.63, 3.8) is 0 Å². The molecule has 0 saturated carbocycles. The second-order valence-electron chi connectivity index (χ2n) is 2.93. The third kappa shape index (κ3) is 4.10. The SMILES string of the molecule is CC(=O)OC(C#N)C=Cc1ccccc1. The highest BCUT2D eigenvalue weighted by atomic mass is 16.5. The highest BCUT2D eigenvalue weighted by Crippen LogP contribution is 2.03. The van der Waals surface area contributed by atoms with Crippen molar-refractivity contribution >= 4 is 12.0 Å². The van der Waals surface area contributed by atoms with E-state index in [1.54, 1.807) is 12.2 Å². The Morgan fingerprint density at radius 1 is 1.47 bits per heavy atom. The fraction of sp³-hybridized carbons (Fsp3) is 0.167. The smallest absolute Gasteiger partial charge is 0.304 e. The van der Waals surface area contributed by atoms with Gasteiger partial charge in [0, 0.05) is 6.92 Å². The van der Waals surface area contributed by atoms with Crippen LogP contribution in [0, 0.1) is 11.3 Å². The van der Waals surface area contributed by atoms with E-state index in [2.05, 4.69) is 0 Å². The lowest BCUT2D eigenvalue weighted by molar-refractivity contribution is -0.142. The molecule has 1 unspecified atom stereocenters. The van der Waals surface area contributed by atoms with Crippen LogP contribution in [0.1, 0.15) is 12.5 Å². The Hall–Kier alpha value is -2.08. The van der Waals surface area contributed by atoms with Gasteiger partial charge in [0.15, 0.2) is 0 Å². The molecule has 1 rings (SSSR count). The maximum absolute atomic E-state index is 10.6. The number of rotatable bonds is 3. The summed E-state index contributed by atoms with van der Waals surface area (Å²) in [7, 11) is 0. The molecule has 76 valence electrons. The summed E-state index contributed by atoms with van der Waals surface area (Å²) in [5.74, 6) is -0.459. The van der Waals surface area contributed by atoms with E-state index in [0.717, 1.165) is 5.56 Å². The molecule has 0 aliphatic rings. The summed E-state index contributed by atoms with van der Waals surface area (Å²) in [4.78, 5) is 10.6. The molecule has 0 aliphatic carbocycles. The zero-order valence-corrected chi connectivity index (χ0v) is 8.38. The quantitative estimate of drug-likeness (QED) is 0.704. The van der Waals surface area contributed by atoms with Crippen LogP contribution >= 0.6 is 0 Å². The first-order valence-corrected chi connectivity index (χ1v) is 4.52. The normalized spacial score (nSPS) is 12.0. The summed E-state index contributed by atoms with van der Waals surface area (Å²) in [5, 5.41) is 8.67. The molecule has 0 aromatic heterocycles. The van der Waals surface area contributed by atoms with Crippen molar-refractivity contribution in [3.8, 4) is 6.07 Å². The molecular weight excluding hydrogens is 190 g/mol. The van der Waals surface area contributed by atoms with Gasteiger partial charge in [-0.15, -0.1) is 0 Å². The second kappa shape index (κ2) is 5.61. The van der Waals surface area contributed by atoms with Gasteiger partial charge in [0.05, 0.1) is 0 Å². The Morgan fingerprint density at radius 3 is 2.67 bits per heavy atom. The maximum atomic E-state index is 10.6. The molecule has 0 fully saturated rings. The van der Waals surface area contributed by atoms with Crippen molar-refractivity contribution in [1.29, 1.82) is 5.26 Å². The predicted molar refractivity (Wildman–Crippen MR) is 56.6 cm³/mol. The number of nitriles is 1. The molecule has 1 atom stereocenters. The highest BCUT2D eigenvalue weighted by molar-refractivity contribution is 5.67. The Balaban J connectivity index is 2.64. The van der Waals surface area contributed by atoms with Crippen LogP contribution in [0.4, 0.5) is 0 Å². The molecule has 0 spiro atoms. The van der Waals surface area contributed by atoms with Gasteiger partial charge < -0.3 is 4.74 Å². The molecule has 15 heavy (non-hydrogen) atoms. The molecule has 1 aromatic rings. The third-order valence-corrected chi connectivity index (χ3v) is 1.68. The van der Waals surface area contributed by atoms with Crippen molar-refractivity contribution in [2.75, 3.05) is 0 Å². The predicted octanol–water partition coefficient (Wildman–Crippen LogP) is 2.16. The van der Waals surface area contributed by atoms with Crippen molar-refractivity contribution in [1.82, 2.24) is 0 Å². The van der Waals surface area contributed by atoms with Gasteiger partial charge in [0.1, 0.15) is 6.07 Å². The van der Waals surface area contributed by atoms with Gasteiger partial charge in [-0.2, -0.15) is 5.26 Å². The highest BCUT2D eigenvalue weighted by Gasteiger charge is 2.04. The molecule has 3 nitrogen and oxygen atoms in total. The third-order valence-electron chi connectivity index (χ3n) is 1.68. The number of hydrogen-bond donors (Lipinski definition) is 0. The van der Waals surface area contributed by atoms with E-state index in [1.807, 2.05) is 36.4 Å². The van der Waals surface area contributed by atoms with E-state index in [-0.39, 0.29) is 0 Å². The molecule has 1 aromatic carbocycles. The Bertz CT molecular complexity index is 390. The van der Waals surface area contributed by atoms with Crippen molar-refractivity contribution in [2.24, 2.45) is 0 Å². The summed E-state index contributed by atoms with van der Waals surface area (Å²) in [6.45, 7) is 1.28. The number of carbonyl (C=O) groups is 1. The van der Waals surface area contributed by atoms with E-state index in [9.17, 15) is 4.79 Å². The molecule has 0 saturated heterocycles. The first-order valence-electron chi connectivity index (χ1n) is 4.52. The molecule has 0 radical (unpaired) electrons. The lowest BCUT2D eigenvalue weighted by atomic mass is 10.2. The number of hydrogen-bond acceptors (Lipinski definition) is 3. The Morgan fingerprint density at radius 2 is 2.13 bits per heavy atom. The van der Waals surface area contributed by atoms with E-state index in [4.69, 9.17) is 10.00 Å².